The number of hydrogen-bond acceptors (Lipinski definition) is 2. The van der Waals surface area contributed by atoms with E-state index in [0.717, 1.165) is 12.1 Å². The smallest absolute Gasteiger partial charge is 0.205 e. The van der Waals surface area contributed by atoms with Gasteiger partial charge in [-0.1, -0.05) is 0 Å². The standard InChI is InChI=1S/C15H10BrF3O2/c1-8(21-14-5-3-9(17)6-12(14)16)15(20)11-4-2-10(18)7-13(11)19/h2-8H,1H3. The van der Waals surface area contributed by atoms with Crippen molar-refractivity contribution in [2.45, 2.75) is 13.0 Å². The van der Waals surface area contributed by atoms with Gasteiger partial charge >= 0.3 is 0 Å². The Kier molecular flexibility index (Phi) is 4.67. The van der Waals surface area contributed by atoms with Gasteiger partial charge in [0.25, 0.3) is 0 Å². The number of carbonyl (C=O) groups is 1. The van der Waals surface area contributed by atoms with E-state index >= 15 is 0 Å². The van der Waals surface area contributed by atoms with Crippen molar-refractivity contribution < 1.29 is 22.7 Å². The number of ketones is 1. The van der Waals surface area contributed by atoms with Crippen LogP contribution in [0.1, 0.15) is 17.3 Å². The summed E-state index contributed by atoms with van der Waals surface area (Å²) in [5.74, 6) is -2.56. The zero-order valence-electron chi connectivity index (χ0n) is 10.9. The largest absolute Gasteiger partial charge is 0.481 e. The molecule has 0 aliphatic heterocycles. The first kappa shape index (κ1) is 15.6. The van der Waals surface area contributed by atoms with E-state index in [1.165, 1.54) is 25.1 Å². The summed E-state index contributed by atoms with van der Waals surface area (Å²) in [6, 6.07) is 6.40. The predicted molar refractivity (Wildman–Crippen MR) is 74.9 cm³/mol. The van der Waals surface area contributed by atoms with Crippen molar-refractivity contribution >= 4 is 21.7 Å². The molecule has 6 heteroatoms. The number of benzene rings is 2. The quantitative estimate of drug-likeness (QED) is 0.751. The molecule has 0 aliphatic rings. The van der Waals surface area contributed by atoms with Crippen LogP contribution in [0.2, 0.25) is 0 Å². The predicted octanol–water partition coefficient (Wildman–Crippen LogP) is 4.52. The van der Waals surface area contributed by atoms with E-state index in [0.29, 0.717) is 10.5 Å². The highest BCUT2D eigenvalue weighted by Gasteiger charge is 2.21. The van der Waals surface area contributed by atoms with E-state index in [4.69, 9.17) is 4.74 Å². The number of ether oxygens (including phenoxy) is 1. The van der Waals surface area contributed by atoms with Gasteiger partial charge < -0.3 is 4.74 Å². The molecule has 0 fully saturated rings. The molecule has 1 unspecified atom stereocenters. The Labute approximate surface area is 127 Å². The van der Waals surface area contributed by atoms with E-state index in [1.807, 2.05) is 0 Å². The Bertz CT molecular complexity index is 689. The van der Waals surface area contributed by atoms with Crippen LogP contribution in [0.3, 0.4) is 0 Å². The lowest BCUT2D eigenvalue weighted by molar-refractivity contribution is 0.0812. The first-order valence-electron chi connectivity index (χ1n) is 5.99. The number of hydrogen-bond donors (Lipinski definition) is 0. The van der Waals surface area contributed by atoms with Gasteiger partial charge in [0.2, 0.25) is 5.78 Å². The van der Waals surface area contributed by atoms with Crippen molar-refractivity contribution in [2.75, 3.05) is 0 Å². The van der Waals surface area contributed by atoms with Crippen molar-refractivity contribution in [1.82, 2.24) is 0 Å². The van der Waals surface area contributed by atoms with E-state index in [-0.39, 0.29) is 11.3 Å². The van der Waals surface area contributed by atoms with Gasteiger partial charge in [-0.05, 0) is 53.2 Å². The molecule has 21 heavy (non-hydrogen) atoms. The number of halogens is 4. The second kappa shape index (κ2) is 6.30. The molecule has 0 spiro atoms. The van der Waals surface area contributed by atoms with Crippen LogP contribution >= 0.6 is 15.9 Å². The first-order valence-corrected chi connectivity index (χ1v) is 6.78. The second-order valence-electron chi connectivity index (χ2n) is 4.32. The van der Waals surface area contributed by atoms with Crippen LogP contribution in [0.5, 0.6) is 5.75 Å². The Morgan fingerprint density at radius 1 is 1.10 bits per heavy atom. The van der Waals surface area contributed by atoms with E-state index < -0.39 is 29.3 Å². The zero-order chi connectivity index (χ0) is 15.6. The summed E-state index contributed by atoms with van der Waals surface area (Å²) in [4.78, 5) is 12.1. The Morgan fingerprint density at radius 2 is 1.71 bits per heavy atom. The van der Waals surface area contributed by atoms with Crippen molar-refractivity contribution in [3.05, 3.63) is 63.9 Å². The van der Waals surface area contributed by atoms with Gasteiger partial charge in [-0.15, -0.1) is 0 Å². The maximum atomic E-state index is 13.6. The first-order chi connectivity index (χ1) is 9.88. The highest BCUT2D eigenvalue weighted by molar-refractivity contribution is 9.10. The molecule has 2 aromatic carbocycles. The summed E-state index contributed by atoms with van der Waals surface area (Å²) in [5, 5.41) is 0. The molecule has 0 N–H and O–H groups in total. The summed E-state index contributed by atoms with van der Waals surface area (Å²) in [6.45, 7) is 1.43. The van der Waals surface area contributed by atoms with Gasteiger partial charge in [-0.25, -0.2) is 13.2 Å². The van der Waals surface area contributed by atoms with Gasteiger partial charge in [0.05, 0.1) is 10.0 Å². The maximum absolute atomic E-state index is 13.6. The lowest BCUT2D eigenvalue weighted by Gasteiger charge is -2.15. The topological polar surface area (TPSA) is 26.3 Å². The van der Waals surface area contributed by atoms with Crippen LogP contribution in [0.25, 0.3) is 0 Å². The van der Waals surface area contributed by atoms with Crippen LogP contribution < -0.4 is 4.74 Å². The van der Waals surface area contributed by atoms with E-state index in [9.17, 15) is 18.0 Å². The third-order valence-electron chi connectivity index (χ3n) is 2.76. The van der Waals surface area contributed by atoms with Gasteiger partial charge in [-0.3, -0.25) is 4.79 Å². The highest BCUT2D eigenvalue weighted by atomic mass is 79.9. The van der Waals surface area contributed by atoms with Crippen LogP contribution in [0.15, 0.2) is 40.9 Å². The number of Topliss-reactive ketones (excluding diaryl/α,β-unsaturated/α-hetero) is 1. The number of carbonyl (C=O) groups excluding carboxylic acids is 1. The molecule has 0 aliphatic carbocycles. The summed E-state index contributed by atoms with van der Waals surface area (Å²) in [6.07, 6.45) is -1.01. The highest BCUT2D eigenvalue weighted by Crippen LogP contribution is 2.27. The molecule has 0 aromatic heterocycles. The molecule has 2 aromatic rings. The maximum Gasteiger partial charge on any atom is 0.205 e. The fraction of sp³-hybridized carbons (Fsp3) is 0.133. The minimum Gasteiger partial charge on any atom is -0.481 e. The molecular weight excluding hydrogens is 349 g/mol. The lowest BCUT2D eigenvalue weighted by atomic mass is 10.1. The number of rotatable bonds is 4. The molecule has 110 valence electrons. The van der Waals surface area contributed by atoms with Crippen molar-refractivity contribution in [3.8, 4) is 5.75 Å². The minimum atomic E-state index is -1.01. The van der Waals surface area contributed by atoms with Crippen LogP contribution in [0, 0.1) is 17.5 Å². The molecule has 0 saturated carbocycles. The zero-order valence-corrected chi connectivity index (χ0v) is 12.5. The van der Waals surface area contributed by atoms with Gasteiger partial charge in [0.1, 0.15) is 23.2 Å². The van der Waals surface area contributed by atoms with E-state index in [2.05, 4.69) is 15.9 Å². The normalized spacial score (nSPS) is 12.0. The Balaban J connectivity index is 2.19. The molecule has 0 saturated heterocycles. The molecule has 1 atom stereocenters. The summed E-state index contributed by atoms with van der Waals surface area (Å²) < 4.78 is 45.1. The van der Waals surface area contributed by atoms with E-state index in [1.54, 1.807) is 0 Å². The lowest BCUT2D eigenvalue weighted by Crippen LogP contribution is -2.25. The molecule has 0 bridgehead atoms. The molecule has 2 rings (SSSR count). The molecule has 0 amide bonds. The molecular formula is C15H10BrF3O2. The summed E-state index contributed by atoms with van der Waals surface area (Å²) in [5.41, 5.74) is -0.262. The van der Waals surface area contributed by atoms with Crippen molar-refractivity contribution in [3.63, 3.8) is 0 Å². The monoisotopic (exact) mass is 358 g/mol. The van der Waals surface area contributed by atoms with Gasteiger partial charge in [0, 0.05) is 6.07 Å². The Morgan fingerprint density at radius 3 is 2.33 bits per heavy atom. The average Bonchev–Trinajstić information content (AvgIpc) is 2.41. The third kappa shape index (κ3) is 3.64. The fourth-order valence-corrected chi connectivity index (χ4v) is 2.17. The average molecular weight is 359 g/mol. The fourth-order valence-electron chi connectivity index (χ4n) is 1.72. The minimum absolute atomic E-state index is 0.250. The molecule has 0 radical (unpaired) electrons. The third-order valence-corrected chi connectivity index (χ3v) is 3.38. The van der Waals surface area contributed by atoms with Crippen molar-refractivity contribution in [2.24, 2.45) is 0 Å². The molecule has 2 nitrogen and oxygen atoms in total. The Hall–Kier alpha value is -1.82. The summed E-state index contributed by atoms with van der Waals surface area (Å²) >= 11 is 3.11. The van der Waals surface area contributed by atoms with Crippen LogP contribution in [-0.4, -0.2) is 11.9 Å². The van der Waals surface area contributed by atoms with Gasteiger partial charge in [-0.2, -0.15) is 0 Å². The molecule has 0 heterocycles. The van der Waals surface area contributed by atoms with Crippen molar-refractivity contribution in [1.29, 1.82) is 0 Å². The summed E-state index contributed by atoms with van der Waals surface area (Å²) in [7, 11) is 0. The SMILES string of the molecule is CC(Oc1ccc(F)cc1Br)C(=O)c1ccc(F)cc1F. The van der Waals surface area contributed by atoms with Crippen LogP contribution in [-0.2, 0) is 0 Å². The second-order valence-corrected chi connectivity index (χ2v) is 5.18. The van der Waals surface area contributed by atoms with Crippen LogP contribution in [0.4, 0.5) is 13.2 Å². The van der Waals surface area contributed by atoms with Gasteiger partial charge in [0.15, 0.2) is 6.10 Å².